The zero-order valence-corrected chi connectivity index (χ0v) is 9.57. The van der Waals surface area contributed by atoms with Gasteiger partial charge in [-0.3, -0.25) is 9.59 Å². The topological polar surface area (TPSA) is 34.1 Å². The van der Waals surface area contributed by atoms with Gasteiger partial charge in [0.15, 0.2) is 0 Å². The molecule has 3 heteroatoms. The van der Waals surface area contributed by atoms with Crippen molar-refractivity contribution in [3.8, 4) is 0 Å². The van der Waals surface area contributed by atoms with Gasteiger partial charge >= 0.3 is 0 Å². The van der Waals surface area contributed by atoms with Gasteiger partial charge in [-0.05, 0) is 30.3 Å². The number of hydrogen-bond donors (Lipinski definition) is 0. The van der Waals surface area contributed by atoms with Crippen molar-refractivity contribution in [2.75, 3.05) is 11.5 Å². The Labute approximate surface area is 89.8 Å². The summed E-state index contributed by atoms with van der Waals surface area (Å²) in [5.74, 6) is 2.96. The minimum absolute atomic E-state index is 0.148. The Morgan fingerprint density at radius 3 is 2.50 bits per heavy atom. The van der Waals surface area contributed by atoms with Crippen molar-refractivity contribution in [3.63, 3.8) is 0 Å². The molecule has 0 amide bonds. The molecule has 1 rings (SSSR count). The molecule has 0 saturated heterocycles. The summed E-state index contributed by atoms with van der Waals surface area (Å²) in [7, 11) is 0. The normalized spacial score (nSPS) is 18.9. The molecular formula is C11H18O2S. The Hall–Kier alpha value is -0.310. The maximum atomic E-state index is 11.1. The second-order valence-corrected chi connectivity index (χ2v) is 5.26. The summed E-state index contributed by atoms with van der Waals surface area (Å²) in [5.41, 5.74) is 0. The molecule has 1 saturated carbocycles. The van der Waals surface area contributed by atoms with Gasteiger partial charge in [-0.2, -0.15) is 11.8 Å². The van der Waals surface area contributed by atoms with Crippen molar-refractivity contribution in [2.45, 2.75) is 39.0 Å². The highest BCUT2D eigenvalue weighted by atomic mass is 32.2. The predicted molar refractivity (Wildman–Crippen MR) is 59.6 cm³/mol. The molecule has 0 radical (unpaired) electrons. The van der Waals surface area contributed by atoms with Crippen LogP contribution in [0.2, 0.25) is 0 Å². The number of Topliss-reactive ketones (excluding diaryl/α,β-unsaturated/α-hetero) is 2. The molecule has 0 unspecified atom stereocenters. The van der Waals surface area contributed by atoms with E-state index in [2.05, 4.69) is 6.92 Å². The summed E-state index contributed by atoms with van der Waals surface area (Å²) in [6.07, 6.45) is 3.67. The summed E-state index contributed by atoms with van der Waals surface area (Å²) in [6, 6.07) is 0. The second kappa shape index (κ2) is 6.23. The first-order valence-corrected chi connectivity index (χ1v) is 6.49. The van der Waals surface area contributed by atoms with Gasteiger partial charge in [0.2, 0.25) is 0 Å². The lowest BCUT2D eigenvalue weighted by molar-refractivity contribution is -0.131. The van der Waals surface area contributed by atoms with E-state index in [1.165, 1.54) is 0 Å². The number of ketones is 2. The Balaban J connectivity index is 2.17. The number of hydrogen-bond acceptors (Lipinski definition) is 3. The van der Waals surface area contributed by atoms with Gasteiger partial charge in [-0.25, -0.2) is 0 Å². The molecular weight excluding hydrogens is 196 g/mol. The van der Waals surface area contributed by atoms with Crippen molar-refractivity contribution in [2.24, 2.45) is 5.92 Å². The van der Waals surface area contributed by atoms with Gasteiger partial charge in [0.1, 0.15) is 11.6 Å². The highest BCUT2D eigenvalue weighted by molar-refractivity contribution is 7.99. The fourth-order valence-electron chi connectivity index (χ4n) is 1.90. The van der Waals surface area contributed by atoms with E-state index in [9.17, 15) is 9.59 Å². The van der Waals surface area contributed by atoms with Crippen LogP contribution in [0.5, 0.6) is 0 Å². The lowest BCUT2D eigenvalue weighted by Crippen LogP contribution is -2.22. The van der Waals surface area contributed by atoms with Crippen molar-refractivity contribution in [1.82, 2.24) is 0 Å². The summed E-state index contributed by atoms with van der Waals surface area (Å²) >= 11 is 1.93. The minimum Gasteiger partial charge on any atom is -0.299 e. The van der Waals surface area contributed by atoms with Crippen LogP contribution in [0.15, 0.2) is 0 Å². The highest BCUT2D eigenvalue weighted by Crippen LogP contribution is 2.23. The molecule has 1 fully saturated rings. The Morgan fingerprint density at radius 1 is 1.29 bits per heavy atom. The van der Waals surface area contributed by atoms with Crippen LogP contribution in [0.1, 0.15) is 39.0 Å². The largest absolute Gasteiger partial charge is 0.299 e. The number of carbonyl (C=O) groups excluding carboxylic acids is 2. The number of carbonyl (C=O) groups is 2. The zero-order chi connectivity index (χ0) is 10.4. The number of rotatable bonds is 5. The van der Waals surface area contributed by atoms with E-state index in [0.717, 1.165) is 24.3 Å². The molecule has 1 aliphatic carbocycles. The predicted octanol–water partition coefficient (Wildman–Crippen LogP) is 2.46. The third-order valence-electron chi connectivity index (χ3n) is 2.53. The summed E-state index contributed by atoms with van der Waals surface area (Å²) in [4.78, 5) is 22.3. The highest BCUT2D eigenvalue weighted by Gasteiger charge is 2.24. The van der Waals surface area contributed by atoms with Gasteiger partial charge in [0.25, 0.3) is 0 Å². The van der Waals surface area contributed by atoms with Crippen molar-refractivity contribution >= 4 is 23.3 Å². The average molecular weight is 214 g/mol. The molecule has 0 aromatic carbocycles. The Kier molecular flexibility index (Phi) is 5.23. The quantitative estimate of drug-likeness (QED) is 0.521. The molecule has 1 aliphatic rings. The van der Waals surface area contributed by atoms with E-state index >= 15 is 0 Å². The van der Waals surface area contributed by atoms with Crippen LogP contribution < -0.4 is 0 Å². The van der Waals surface area contributed by atoms with Gasteiger partial charge in [-0.1, -0.05) is 6.92 Å². The van der Waals surface area contributed by atoms with Crippen LogP contribution in [-0.4, -0.2) is 23.1 Å². The second-order valence-electron chi connectivity index (χ2n) is 3.87. The third kappa shape index (κ3) is 4.27. The molecule has 0 atom stereocenters. The molecule has 0 aromatic heterocycles. The maximum absolute atomic E-state index is 11.1. The smallest absolute Gasteiger partial charge is 0.140 e. The van der Waals surface area contributed by atoms with Gasteiger partial charge < -0.3 is 0 Å². The van der Waals surface area contributed by atoms with Gasteiger partial charge in [0.05, 0.1) is 6.42 Å². The summed E-state index contributed by atoms with van der Waals surface area (Å²) < 4.78 is 0. The average Bonchev–Trinajstić information content (AvgIpc) is 2.11. The van der Waals surface area contributed by atoms with Crippen LogP contribution in [0.25, 0.3) is 0 Å². The SMILES string of the molecule is CCSCCCC1CC(=O)CC(=O)C1. The van der Waals surface area contributed by atoms with E-state index in [1.54, 1.807) is 0 Å². The number of thioether (sulfide) groups is 1. The van der Waals surface area contributed by atoms with Crippen molar-refractivity contribution in [1.29, 1.82) is 0 Å². The van der Waals surface area contributed by atoms with E-state index in [0.29, 0.717) is 18.8 Å². The zero-order valence-electron chi connectivity index (χ0n) is 8.75. The van der Waals surface area contributed by atoms with E-state index < -0.39 is 0 Å². The van der Waals surface area contributed by atoms with Crippen LogP contribution in [0.4, 0.5) is 0 Å². The van der Waals surface area contributed by atoms with E-state index in [1.807, 2.05) is 11.8 Å². The third-order valence-corrected chi connectivity index (χ3v) is 3.52. The van der Waals surface area contributed by atoms with Gasteiger partial charge in [-0.15, -0.1) is 0 Å². The van der Waals surface area contributed by atoms with Crippen LogP contribution in [-0.2, 0) is 9.59 Å². The van der Waals surface area contributed by atoms with E-state index in [-0.39, 0.29) is 18.0 Å². The molecule has 14 heavy (non-hydrogen) atoms. The molecule has 0 heterocycles. The molecule has 0 bridgehead atoms. The first-order chi connectivity index (χ1) is 6.72. The fourth-order valence-corrected chi connectivity index (χ4v) is 2.56. The first kappa shape index (κ1) is 11.8. The fraction of sp³-hybridized carbons (Fsp3) is 0.818. The molecule has 0 N–H and O–H groups in total. The maximum Gasteiger partial charge on any atom is 0.140 e. The molecule has 80 valence electrons. The standard InChI is InChI=1S/C11H18O2S/c1-2-14-5-3-4-9-6-10(12)8-11(13)7-9/h9H,2-8H2,1H3. The Morgan fingerprint density at radius 2 is 1.93 bits per heavy atom. The Bertz CT molecular complexity index is 197. The molecule has 2 nitrogen and oxygen atoms in total. The van der Waals surface area contributed by atoms with Crippen LogP contribution in [0, 0.1) is 5.92 Å². The molecule has 0 spiro atoms. The molecule has 0 aromatic rings. The van der Waals surface area contributed by atoms with E-state index in [4.69, 9.17) is 0 Å². The first-order valence-electron chi connectivity index (χ1n) is 5.33. The molecule has 0 aliphatic heterocycles. The van der Waals surface area contributed by atoms with Crippen LogP contribution >= 0.6 is 11.8 Å². The van der Waals surface area contributed by atoms with Crippen molar-refractivity contribution < 1.29 is 9.59 Å². The summed E-state index contributed by atoms with van der Waals surface area (Å²) in [6.45, 7) is 2.15. The van der Waals surface area contributed by atoms with Crippen LogP contribution in [0.3, 0.4) is 0 Å². The van der Waals surface area contributed by atoms with Crippen molar-refractivity contribution in [3.05, 3.63) is 0 Å². The lowest BCUT2D eigenvalue weighted by atomic mass is 9.85. The minimum atomic E-state index is 0.148. The summed E-state index contributed by atoms with van der Waals surface area (Å²) in [5, 5.41) is 0. The van der Waals surface area contributed by atoms with Gasteiger partial charge in [0, 0.05) is 12.8 Å². The monoisotopic (exact) mass is 214 g/mol. The lowest BCUT2D eigenvalue weighted by Gasteiger charge is -2.19.